The molecule has 146 valence electrons. The van der Waals surface area contributed by atoms with E-state index >= 15 is 0 Å². The Balaban J connectivity index is 1.13. The molecule has 0 radical (unpaired) electrons. The SMILES string of the molecule is O=C(Cn1ccnc1)N1CCC2(CC1)OOC1(O2)C2CC3CC(C2)CC1C3. The molecule has 4 bridgehead atoms. The van der Waals surface area contributed by atoms with Gasteiger partial charge in [0.2, 0.25) is 17.5 Å². The summed E-state index contributed by atoms with van der Waals surface area (Å²) < 4.78 is 8.50. The summed E-state index contributed by atoms with van der Waals surface area (Å²) in [5.74, 6) is 1.63. The number of aromatic nitrogens is 2. The zero-order valence-corrected chi connectivity index (χ0v) is 15.6. The van der Waals surface area contributed by atoms with Crippen LogP contribution in [0.2, 0.25) is 0 Å². The quantitative estimate of drug-likeness (QED) is 0.745. The van der Waals surface area contributed by atoms with Gasteiger partial charge in [0, 0.05) is 50.2 Å². The third kappa shape index (κ3) is 2.51. The Bertz CT molecular complexity index is 698. The topological polar surface area (TPSA) is 65.8 Å². The van der Waals surface area contributed by atoms with Crippen LogP contribution in [0, 0.1) is 23.7 Å². The fourth-order valence-electron chi connectivity index (χ4n) is 6.53. The molecule has 7 rings (SSSR count). The van der Waals surface area contributed by atoms with Crippen molar-refractivity contribution in [2.75, 3.05) is 13.1 Å². The molecule has 6 aliphatic rings. The molecule has 0 atom stereocenters. The first-order valence-electron chi connectivity index (χ1n) is 10.4. The molecule has 2 saturated heterocycles. The third-order valence-electron chi connectivity index (χ3n) is 7.70. The lowest BCUT2D eigenvalue weighted by atomic mass is 9.53. The molecule has 3 heterocycles. The maximum Gasteiger partial charge on any atom is 0.242 e. The van der Waals surface area contributed by atoms with Gasteiger partial charge in [0.15, 0.2) is 0 Å². The zero-order chi connectivity index (χ0) is 18.1. The van der Waals surface area contributed by atoms with Crippen LogP contribution in [0.1, 0.15) is 44.9 Å². The number of carbonyl (C=O) groups excluding carboxylic acids is 1. The lowest BCUT2D eigenvalue weighted by Crippen LogP contribution is -2.59. The molecule has 0 unspecified atom stereocenters. The Morgan fingerprint density at radius 3 is 2.37 bits per heavy atom. The molecule has 1 amide bonds. The molecule has 0 N–H and O–H groups in total. The first-order valence-corrected chi connectivity index (χ1v) is 10.4. The normalized spacial score (nSPS) is 41.7. The van der Waals surface area contributed by atoms with E-state index in [1.165, 1.54) is 32.1 Å². The van der Waals surface area contributed by atoms with E-state index in [2.05, 4.69) is 4.98 Å². The van der Waals surface area contributed by atoms with Crippen molar-refractivity contribution in [1.29, 1.82) is 0 Å². The fraction of sp³-hybridized carbons (Fsp3) is 0.800. The van der Waals surface area contributed by atoms with E-state index in [1.54, 1.807) is 12.5 Å². The summed E-state index contributed by atoms with van der Waals surface area (Å²) in [6.45, 7) is 1.63. The van der Waals surface area contributed by atoms with E-state index in [4.69, 9.17) is 14.5 Å². The van der Waals surface area contributed by atoms with Crippen LogP contribution < -0.4 is 0 Å². The van der Waals surface area contributed by atoms with Crippen molar-refractivity contribution in [3.05, 3.63) is 18.7 Å². The smallest absolute Gasteiger partial charge is 0.242 e. The molecule has 6 fully saturated rings. The van der Waals surface area contributed by atoms with Crippen molar-refractivity contribution in [1.82, 2.24) is 14.5 Å². The number of ether oxygens (including phenoxy) is 1. The average molecular weight is 373 g/mol. The van der Waals surface area contributed by atoms with E-state index in [-0.39, 0.29) is 5.91 Å². The number of nitrogens with zero attached hydrogens (tertiary/aromatic N) is 3. The molecule has 27 heavy (non-hydrogen) atoms. The molecule has 1 aromatic heterocycles. The Hall–Kier alpha value is -1.44. The fourth-order valence-corrected chi connectivity index (χ4v) is 6.53. The van der Waals surface area contributed by atoms with Crippen molar-refractivity contribution in [2.24, 2.45) is 23.7 Å². The first-order chi connectivity index (χ1) is 13.1. The summed E-state index contributed by atoms with van der Waals surface area (Å²) in [5.41, 5.74) is 0. The van der Waals surface area contributed by atoms with Gasteiger partial charge < -0.3 is 14.2 Å². The van der Waals surface area contributed by atoms with E-state index in [1.807, 2.05) is 15.7 Å². The number of hydrogen-bond acceptors (Lipinski definition) is 5. The molecule has 1 aromatic rings. The van der Waals surface area contributed by atoms with Gasteiger partial charge in [-0.05, 0) is 43.9 Å². The van der Waals surface area contributed by atoms with Gasteiger partial charge in [-0.15, -0.1) is 0 Å². The Morgan fingerprint density at radius 1 is 1.04 bits per heavy atom. The van der Waals surface area contributed by atoms with Crippen molar-refractivity contribution < 1.29 is 19.3 Å². The van der Waals surface area contributed by atoms with Crippen LogP contribution in [0.5, 0.6) is 0 Å². The minimum Gasteiger partial charge on any atom is -0.341 e. The van der Waals surface area contributed by atoms with Crippen LogP contribution in [0.15, 0.2) is 18.7 Å². The van der Waals surface area contributed by atoms with Crippen molar-refractivity contribution >= 4 is 5.91 Å². The van der Waals surface area contributed by atoms with Crippen LogP contribution >= 0.6 is 0 Å². The monoisotopic (exact) mass is 373 g/mol. The average Bonchev–Trinajstić information content (AvgIpc) is 3.29. The standard InChI is InChI=1S/C20H27N3O4/c24-18(12-22-6-3-21-13-22)23-4-1-19(2-5-23)25-20(27-26-19)16-8-14-7-15(10-16)11-17(20)9-14/h3,6,13-17H,1-2,4-5,7-12H2. The number of carbonyl (C=O) groups is 1. The number of piperidine rings is 1. The number of imidazole rings is 1. The highest BCUT2D eigenvalue weighted by Gasteiger charge is 2.66. The van der Waals surface area contributed by atoms with Crippen LogP contribution in [0.4, 0.5) is 0 Å². The highest BCUT2D eigenvalue weighted by Crippen LogP contribution is 2.63. The summed E-state index contributed by atoms with van der Waals surface area (Å²) in [4.78, 5) is 30.4. The molecular weight excluding hydrogens is 346 g/mol. The number of likely N-dealkylation sites (tertiary alicyclic amines) is 1. The minimum absolute atomic E-state index is 0.117. The van der Waals surface area contributed by atoms with Gasteiger partial charge in [0.1, 0.15) is 6.54 Å². The number of amides is 1. The van der Waals surface area contributed by atoms with Crippen LogP contribution in [0.3, 0.4) is 0 Å². The van der Waals surface area contributed by atoms with Gasteiger partial charge in [0.05, 0.1) is 6.33 Å². The molecule has 4 aliphatic carbocycles. The van der Waals surface area contributed by atoms with Crippen molar-refractivity contribution in [2.45, 2.75) is 63.1 Å². The molecule has 0 aromatic carbocycles. The predicted molar refractivity (Wildman–Crippen MR) is 93.8 cm³/mol. The summed E-state index contributed by atoms with van der Waals surface area (Å²) in [6, 6.07) is 0. The largest absolute Gasteiger partial charge is 0.341 e. The van der Waals surface area contributed by atoms with Crippen LogP contribution in [-0.2, 0) is 25.9 Å². The molecule has 7 heteroatoms. The predicted octanol–water partition coefficient (Wildman–Crippen LogP) is 2.33. The number of hydrogen-bond donors (Lipinski definition) is 0. The van der Waals surface area contributed by atoms with Gasteiger partial charge >= 0.3 is 0 Å². The summed E-state index contributed by atoms with van der Waals surface area (Å²) in [5, 5.41) is 0. The van der Waals surface area contributed by atoms with Gasteiger partial charge in [-0.1, -0.05) is 0 Å². The highest BCUT2D eigenvalue weighted by molar-refractivity contribution is 5.76. The molecule has 2 aliphatic heterocycles. The maximum absolute atomic E-state index is 12.5. The van der Waals surface area contributed by atoms with E-state index in [9.17, 15) is 4.79 Å². The zero-order valence-electron chi connectivity index (χ0n) is 15.6. The maximum atomic E-state index is 12.5. The van der Waals surface area contributed by atoms with Gasteiger partial charge in [-0.2, -0.15) is 9.78 Å². The van der Waals surface area contributed by atoms with E-state index < -0.39 is 11.6 Å². The molecule has 4 saturated carbocycles. The first kappa shape index (κ1) is 16.5. The minimum atomic E-state index is -0.666. The van der Waals surface area contributed by atoms with Gasteiger partial charge in [0.25, 0.3) is 0 Å². The van der Waals surface area contributed by atoms with Gasteiger partial charge in [-0.25, -0.2) is 4.98 Å². The number of rotatable bonds is 2. The summed E-state index contributed by atoms with van der Waals surface area (Å²) in [6.07, 6.45) is 12.8. The molecular formula is C20H27N3O4. The van der Waals surface area contributed by atoms with Gasteiger partial charge in [-0.3, -0.25) is 4.79 Å². The highest BCUT2D eigenvalue weighted by atomic mass is 17.3. The lowest BCUT2D eigenvalue weighted by molar-refractivity contribution is -0.390. The Kier molecular flexibility index (Phi) is 3.53. The van der Waals surface area contributed by atoms with Crippen LogP contribution in [0.25, 0.3) is 0 Å². The second-order valence-electron chi connectivity index (χ2n) is 9.32. The van der Waals surface area contributed by atoms with E-state index in [0.29, 0.717) is 44.3 Å². The van der Waals surface area contributed by atoms with Crippen molar-refractivity contribution in [3.8, 4) is 0 Å². The summed E-state index contributed by atoms with van der Waals surface area (Å²) >= 11 is 0. The molecule has 7 nitrogen and oxygen atoms in total. The van der Waals surface area contributed by atoms with Crippen molar-refractivity contribution in [3.63, 3.8) is 0 Å². The Labute approximate surface area is 158 Å². The lowest BCUT2D eigenvalue weighted by Gasteiger charge is -2.57. The second kappa shape index (κ2) is 5.78. The second-order valence-corrected chi connectivity index (χ2v) is 9.32. The summed E-state index contributed by atoms with van der Waals surface area (Å²) in [7, 11) is 0. The van der Waals surface area contributed by atoms with E-state index in [0.717, 1.165) is 11.8 Å². The Morgan fingerprint density at radius 2 is 1.74 bits per heavy atom. The third-order valence-corrected chi connectivity index (χ3v) is 7.70. The molecule has 2 spiro atoms. The van der Waals surface area contributed by atoms with Crippen LogP contribution in [-0.4, -0.2) is 45.0 Å².